The zero-order valence-corrected chi connectivity index (χ0v) is 33.7. The minimum Gasteiger partial charge on any atom is -0.497 e. The third kappa shape index (κ3) is 10.8. The lowest BCUT2D eigenvalue weighted by Gasteiger charge is -2.28. The Morgan fingerprint density at radius 3 is 2.36 bits per heavy atom. The van der Waals surface area contributed by atoms with Crippen molar-refractivity contribution < 1.29 is 46.5 Å². The predicted molar refractivity (Wildman–Crippen MR) is 212 cm³/mol. The molecule has 15 nitrogen and oxygen atoms in total. The summed E-state index contributed by atoms with van der Waals surface area (Å²) in [6.07, 6.45) is 7.10. The molecule has 310 valence electrons. The Kier molecular flexibility index (Phi) is 13.5. The maximum Gasteiger partial charge on any atom is 0.405 e. The van der Waals surface area contributed by atoms with Crippen LogP contribution in [0.2, 0.25) is 0 Å². The van der Waals surface area contributed by atoms with E-state index in [4.69, 9.17) is 19.4 Å². The van der Waals surface area contributed by atoms with Crippen LogP contribution < -0.4 is 24.8 Å². The van der Waals surface area contributed by atoms with E-state index in [0.717, 1.165) is 31.1 Å². The fourth-order valence-electron chi connectivity index (χ4n) is 7.17. The fourth-order valence-corrected chi connectivity index (χ4v) is 8.54. The normalized spacial score (nSPS) is 24.5. The standard InChI is InChI=1S/C35H48N6O9S.C4H10.3H2/c1-4-22-17-35(22,33(44)40-51(47,48)24-13-14-24)39-31(43)30-20(2)28(19-41(30)29(42)18-36-34(45)46)50-32-26(9-7-5-6-8-21-10-11-21)37-25-15-12-23(49-3)16-27(25)38-32;1-4(2)3;;;/h12,15-16,20-22,24,28,30,36H,4-11,13-14,17-19H2,1-3H3,(H,39,43)(H,40,44)(H,45,46);4H,1-3H3;3*1H/t20-,22-,28+,30+,35-;;;;/m1..../s1. The van der Waals surface area contributed by atoms with Crippen molar-refractivity contribution in [1.82, 2.24) is 30.2 Å². The summed E-state index contributed by atoms with van der Waals surface area (Å²) in [5.41, 5.74) is 0.428. The van der Waals surface area contributed by atoms with E-state index in [1.165, 1.54) is 24.2 Å². The molecule has 3 aliphatic carbocycles. The van der Waals surface area contributed by atoms with Gasteiger partial charge in [-0.1, -0.05) is 73.1 Å². The Hall–Kier alpha value is -4.21. The topological polar surface area (TPSA) is 206 Å². The number of nitrogens with one attached hydrogen (secondary N) is 3. The maximum atomic E-state index is 14.1. The molecule has 4 N–H and O–H groups in total. The summed E-state index contributed by atoms with van der Waals surface area (Å²) in [6.45, 7) is 9.45. The molecule has 2 aromatic rings. The molecule has 3 saturated carbocycles. The Labute approximate surface area is 328 Å². The highest BCUT2D eigenvalue weighted by atomic mass is 32.2. The van der Waals surface area contributed by atoms with E-state index >= 15 is 0 Å². The molecule has 6 rings (SSSR count). The van der Waals surface area contributed by atoms with Gasteiger partial charge in [0.2, 0.25) is 27.7 Å². The van der Waals surface area contributed by atoms with Gasteiger partial charge in [0.15, 0.2) is 0 Å². The predicted octanol–water partition coefficient (Wildman–Crippen LogP) is 5.31. The Balaban J connectivity index is 0.00000158. The van der Waals surface area contributed by atoms with Crippen LogP contribution in [0.25, 0.3) is 11.0 Å². The molecule has 1 aliphatic heterocycles. The molecule has 4 fully saturated rings. The number of sulfonamides is 1. The van der Waals surface area contributed by atoms with Crippen molar-refractivity contribution in [1.29, 1.82) is 0 Å². The van der Waals surface area contributed by atoms with Gasteiger partial charge < -0.3 is 30.1 Å². The van der Waals surface area contributed by atoms with E-state index in [1.807, 2.05) is 19.1 Å². The summed E-state index contributed by atoms with van der Waals surface area (Å²) < 4.78 is 39.4. The lowest BCUT2D eigenvalue weighted by atomic mass is 9.98. The van der Waals surface area contributed by atoms with Crippen LogP contribution in [0.1, 0.15) is 109 Å². The van der Waals surface area contributed by atoms with Gasteiger partial charge in [0.25, 0.3) is 5.91 Å². The quantitative estimate of drug-likeness (QED) is 0.151. The van der Waals surface area contributed by atoms with Crippen LogP contribution in [0.3, 0.4) is 0 Å². The summed E-state index contributed by atoms with van der Waals surface area (Å²) in [4.78, 5) is 63.2. The second-order valence-corrected chi connectivity index (χ2v) is 18.2. The zero-order chi connectivity index (χ0) is 40.1. The van der Waals surface area contributed by atoms with Gasteiger partial charge >= 0.3 is 6.09 Å². The summed E-state index contributed by atoms with van der Waals surface area (Å²) >= 11 is 0. The number of fused-ring (bicyclic) bond motifs is 1. The molecule has 0 spiro atoms. The van der Waals surface area contributed by atoms with Crippen LogP contribution in [-0.2, 0) is 30.8 Å². The summed E-state index contributed by atoms with van der Waals surface area (Å²) in [5.74, 6) is -0.467. The van der Waals surface area contributed by atoms with E-state index in [0.29, 0.717) is 48.2 Å². The van der Waals surface area contributed by atoms with E-state index in [1.54, 1.807) is 20.1 Å². The van der Waals surface area contributed by atoms with E-state index in [2.05, 4.69) is 36.1 Å². The highest BCUT2D eigenvalue weighted by molar-refractivity contribution is 7.91. The largest absolute Gasteiger partial charge is 0.497 e. The number of aryl methyl sites for hydroxylation is 1. The first-order chi connectivity index (χ1) is 26.1. The first-order valence-corrected chi connectivity index (χ1v) is 21.3. The number of likely N-dealkylation sites (tertiary alicyclic amines) is 1. The lowest BCUT2D eigenvalue weighted by Crippen LogP contribution is -2.58. The van der Waals surface area contributed by atoms with Crippen LogP contribution in [0.4, 0.5) is 4.79 Å². The number of methoxy groups -OCH3 is 1. The number of carbonyl (C=O) groups is 4. The number of aromatic nitrogens is 2. The average Bonchev–Trinajstić information content (AvgIpc) is 4.01. The molecule has 0 bridgehead atoms. The Morgan fingerprint density at radius 1 is 1.05 bits per heavy atom. The van der Waals surface area contributed by atoms with Crippen LogP contribution in [-0.4, -0.2) is 95.3 Å². The number of benzene rings is 1. The molecule has 1 aromatic carbocycles. The SMILES string of the molecule is CC(C)C.CC[C@@H]1C[C@]1(NC(=O)[C@@H]1[C@H](C)[C@@H](Oc2nc3cc(OC)ccc3nc2CCCCCC2CC2)CN1C(=O)CNC(=O)O)C(=O)NS(=O)(=O)C1CC1.[HH].[HH].[HH]. The smallest absolute Gasteiger partial charge is 0.405 e. The number of hydrogen-bond donors (Lipinski definition) is 4. The van der Waals surface area contributed by atoms with Crippen LogP contribution in [0, 0.1) is 23.7 Å². The maximum absolute atomic E-state index is 14.1. The molecule has 4 aliphatic rings. The van der Waals surface area contributed by atoms with Gasteiger partial charge in [-0.15, -0.1) is 0 Å². The van der Waals surface area contributed by atoms with Crippen molar-refractivity contribution in [2.24, 2.45) is 23.7 Å². The summed E-state index contributed by atoms with van der Waals surface area (Å²) in [5, 5.41) is 13.4. The first-order valence-electron chi connectivity index (χ1n) is 19.7. The van der Waals surface area contributed by atoms with Gasteiger partial charge in [0.1, 0.15) is 35.7 Å². The number of unbranched alkanes of at least 4 members (excludes halogenated alkanes) is 2. The minimum atomic E-state index is -3.87. The van der Waals surface area contributed by atoms with Crippen LogP contribution in [0.15, 0.2) is 18.2 Å². The number of nitrogens with zero attached hydrogens (tertiary/aromatic N) is 3. The van der Waals surface area contributed by atoms with Crippen molar-refractivity contribution in [2.75, 3.05) is 20.2 Å². The number of ether oxygens (including phenoxy) is 2. The van der Waals surface area contributed by atoms with Crippen molar-refractivity contribution in [2.45, 2.75) is 128 Å². The van der Waals surface area contributed by atoms with Crippen LogP contribution >= 0.6 is 0 Å². The van der Waals surface area contributed by atoms with Crippen LogP contribution in [0.5, 0.6) is 11.6 Å². The highest BCUT2D eigenvalue weighted by Gasteiger charge is 2.62. The number of amides is 4. The number of carboxylic acid groups (broad SMARTS) is 1. The molecular weight excluding hydrogens is 729 g/mol. The molecule has 55 heavy (non-hydrogen) atoms. The summed E-state index contributed by atoms with van der Waals surface area (Å²) in [6, 6.07) is 4.24. The Morgan fingerprint density at radius 2 is 1.76 bits per heavy atom. The van der Waals surface area contributed by atoms with Gasteiger partial charge in [0.05, 0.1) is 29.9 Å². The zero-order valence-electron chi connectivity index (χ0n) is 32.9. The van der Waals surface area contributed by atoms with Gasteiger partial charge in [0, 0.05) is 16.3 Å². The molecule has 2 heterocycles. The molecule has 16 heteroatoms. The van der Waals surface area contributed by atoms with E-state index in [-0.39, 0.29) is 29.0 Å². The van der Waals surface area contributed by atoms with Gasteiger partial charge in [-0.2, -0.15) is 0 Å². The van der Waals surface area contributed by atoms with E-state index in [9.17, 15) is 32.7 Å². The van der Waals surface area contributed by atoms with Crippen molar-refractivity contribution >= 4 is 44.9 Å². The van der Waals surface area contributed by atoms with Crippen molar-refractivity contribution in [3.8, 4) is 11.6 Å². The van der Waals surface area contributed by atoms with Crippen molar-refractivity contribution in [3.63, 3.8) is 0 Å². The number of hydrogen-bond acceptors (Lipinski definition) is 10. The molecule has 0 radical (unpaired) electrons. The number of carbonyl (C=O) groups excluding carboxylic acids is 3. The Bertz CT molecular complexity index is 1850. The first kappa shape index (κ1) is 41.9. The summed E-state index contributed by atoms with van der Waals surface area (Å²) in [7, 11) is -2.31. The molecule has 1 aromatic heterocycles. The molecule has 5 atom stereocenters. The van der Waals surface area contributed by atoms with Gasteiger partial charge in [-0.25, -0.2) is 23.2 Å². The highest BCUT2D eigenvalue weighted by Crippen LogP contribution is 2.47. The third-order valence-corrected chi connectivity index (χ3v) is 12.5. The molecule has 0 unspecified atom stereocenters. The van der Waals surface area contributed by atoms with Crippen molar-refractivity contribution in [3.05, 3.63) is 23.9 Å². The molecular formula is C39H64N6O9S. The van der Waals surface area contributed by atoms with E-state index < -0.39 is 69.2 Å². The molecule has 1 saturated heterocycles. The third-order valence-electron chi connectivity index (χ3n) is 10.7. The monoisotopic (exact) mass is 792 g/mol. The molecule has 4 amide bonds. The fraction of sp³-hybridized carbons (Fsp3) is 0.692. The van der Waals surface area contributed by atoms with Gasteiger partial charge in [-0.3, -0.25) is 19.1 Å². The second-order valence-electron chi connectivity index (χ2n) is 16.2. The number of rotatable bonds is 17. The minimum absolute atomic E-state index is 0. The second kappa shape index (κ2) is 17.7. The van der Waals surface area contributed by atoms with Gasteiger partial charge in [-0.05, 0) is 62.0 Å². The lowest BCUT2D eigenvalue weighted by molar-refractivity contribution is -0.140. The average molecular weight is 793 g/mol.